The third-order valence-electron chi connectivity index (χ3n) is 4.10. The number of furan rings is 1. The van der Waals surface area contributed by atoms with E-state index in [2.05, 4.69) is 12.2 Å². The fourth-order valence-electron chi connectivity index (χ4n) is 2.89. The van der Waals surface area contributed by atoms with Crippen molar-refractivity contribution in [2.75, 3.05) is 13.2 Å². The van der Waals surface area contributed by atoms with E-state index in [9.17, 15) is 4.79 Å². The summed E-state index contributed by atoms with van der Waals surface area (Å²) in [5.74, 6) is 1.43. The molecule has 1 aromatic carbocycles. The summed E-state index contributed by atoms with van der Waals surface area (Å²) in [6.45, 7) is 3.44. The predicted molar refractivity (Wildman–Crippen MR) is 89.4 cm³/mol. The van der Waals surface area contributed by atoms with Gasteiger partial charge < -0.3 is 14.5 Å². The summed E-state index contributed by atoms with van der Waals surface area (Å²) in [6.07, 6.45) is 3.94. The smallest absolute Gasteiger partial charge is 0.254 e. The maximum atomic E-state index is 12.5. The Bertz CT molecular complexity index is 642. The van der Waals surface area contributed by atoms with E-state index in [1.165, 1.54) is 0 Å². The Labute approximate surface area is 136 Å². The van der Waals surface area contributed by atoms with Gasteiger partial charge in [0.25, 0.3) is 5.91 Å². The van der Waals surface area contributed by atoms with Gasteiger partial charge in [-0.25, -0.2) is 0 Å². The van der Waals surface area contributed by atoms with Crippen molar-refractivity contribution in [1.82, 2.24) is 5.32 Å². The van der Waals surface area contributed by atoms with Crippen molar-refractivity contribution in [2.24, 2.45) is 0 Å². The van der Waals surface area contributed by atoms with Crippen LogP contribution >= 0.6 is 0 Å². The highest BCUT2D eigenvalue weighted by molar-refractivity contribution is 5.96. The van der Waals surface area contributed by atoms with Crippen molar-refractivity contribution in [1.29, 1.82) is 0 Å². The van der Waals surface area contributed by atoms with Crippen LogP contribution in [0.4, 0.5) is 0 Å². The van der Waals surface area contributed by atoms with Gasteiger partial charge in [0.2, 0.25) is 0 Å². The molecule has 4 heteroatoms. The second kappa shape index (κ2) is 7.47. The fraction of sp³-hybridized carbons (Fsp3) is 0.421. The summed E-state index contributed by atoms with van der Waals surface area (Å²) >= 11 is 0. The first kappa shape index (κ1) is 15.8. The average Bonchev–Trinajstić information content (AvgIpc) is 3.23. The zero-order valence-corrected chi connectivity index (χ0v) is 13.5. The van der Waals surface area contributed by atoms with E-state index < -0.39 is 0 Å². The molecule has 1 amide bonds. The molecular weight excluding hydrogens is 290 g/mol. The van der Waals surface area contributed by atoms with Crippen LogP contribution in [0.3, 0.4) is 0 Å². The quantitative estimate of drug-likeness (QED) is 0.882. The molecule has 0 aliphatic carbocycles. The minimum atomic E-state index is -0.0742. The zero-order valence-electron chi connectivity index (χ0n) is 13.5. The van der Waals surface area contributed by atoms with Crippen LogP contribution in [0.15, 0.2) is 40.8 Å². The van der Waals surface area contributed by atoms with E-state index in [1.807, 2.05) is 36.4 Å². The molecule has 2 heterocycles. The molecule has 1 aliphatic heterocycles. The van der Waals surface area contributed by atoms with Crippen LogP contribution in [-0.4, -0.2) is 25.2 Å². The van der Waals surface area contributed by atoms with Gasteiger partial charge in [-0.1, -0.05) is 37.3 Å². The van der Waals surface area contributed by atoms with Gasteiger partial charge in [0.05, 0.1) is 11.7 Å². The highest BCUT2D eigenvalue weighted by Crippen LogP contribution is 2.26. The second-order valence-electron chi connectivity index (χ2n) is 5.91. The first-order valence-electron chi connectivity index (χ1n) is 8.36. The second-order valence-corrected chi connectivity index (χ2v) is 5.91. The van der Waals surface area contributed by atoms with E-state index in [1.54, 1.807) is 0 Å². The van der Waals surface area contributed by atoms with Gasteiger partial charge in [0, 0.05) is 25.1 Å². The molecule has 3 rings (SSSR count). The van der Waals surface area contributed by atoms with Crippen molar-refractivity contribution in [3.8, 4) is 11.3 Å². The number of hydrogen-bond donors (Lipinski definition) is 1. The van der Waals surface area contributed by atoms with Crippen LogP contribution in [0, 0.1) is 0 Å². The van der Waals surface area contributed by atoms with E-state index in [0.29, 0.717) is 12.1 Å². The standard InChI is InChI=1S/C19H23NO3/c1-2-7-17-16(19(21)20-13-15-10-6-11-22-15)12-18(23-17)14-8-4-3-5-9-14/h3-5,8-9,12,15H,2,6-7,10-11,13H2,1H3,(H,20,21)/t15-/m1/s1. The van der Waals surface area contributed by atoms with Gasteiger partial charge in [-0.3, -0.25) is 4.79 Å². The highest BCUT2D eigenvalue weighted by atomic mass is 16.5. The summed E-state index contributed by atoms with van der Waals surface area (Å²) in [5, 5.41) is 2.98. The third kappa shape index (κ3) is 3.82. The van der Waals surface area contributed by atoms with Crippen LogP contribution in [0.5, 0.6) is 0 Å². The fourth-order valence-corrected chi connectivity index (χ4v) is 2.89. The van der Waals surface area contributed by atoms with Crippen LogP contribution in [0.25, 0.3) is 11.3 Å². The van der Waals surface area contributed by atoms with Gasteiger partial charge in [-0.05, 0) is 25.3 Å². The SMILES string of the molecule is CCCc1oc(-c2ccccc2)cc1C(=O)NC[C@H]1CCCO1. The summed E-state index contributed by atoms with van der Waals surface area (Å²) in [5.41, 5.74) is 1.63. The number of rotatable bonds is 6. The van der Waals surface area contributed by atoms with E-state index in [-0.39, 0.29) is 12.0 Å². The Balaban J connectivity index is 1.76. The number of hydrogen-bond acceptors (Lipinski definition) is 3. The molecule has 1 atom stereocenters. The average molecular weight is 313 g/mol. The molecule has 0 saturated carbocycles. The summed E-state index contributed by atoms with van der Waals surface area (Å²) in [4.78, 5) is 12.5. The third-order valence-corrected chi connectivity index (χ3v) is 4.10. The molecule has 23 heavy (non-hydrogen) atoms. The maximum absolute atomic E-state index is 12.5. The lowest BCUT2D eigenvalue weighted by atomic mass is 10.1. The minimum absolute atomic E-state index is 0.0742. The monoisotopic (exact) mass is 313 g/mol. The first-order valence-corrected chi connectivity index (χ1v) is 8.36. The zero-order chi connectivity index (χ0) is 16.1. The number of carbonyl (C=O) groups is 1. The first-order chi connectivity index (χ1) is 11.3. The van der Waals surface area contributed by atoms with E-state index in [4.69, 9.17) is 9.15 Å². The van der Waals surface area contributed by atoms with Gasteiger partial charge in [-0.2, -0.15) is 0 Å². The molecule has 0 bridgehead atoms. The molecule has 1 aromatic heterocycles. The highest BCUT2D eigenvalue weighted by Gasteiger charge is 2.21. The lowest BCUT2D eigenvalue weighted by Crippen LogP contribution is -2.32. The number of carbonyl (C=O) groups excluding carboxylic acids is 1. The van der Waals surface area contributed by atoms with Gasteiger partial charge >= 0.3 is 0 Å². The molecule has 2 aromatic rings. The van der Waals surface area contributed by atoms with Crippen LogP contribution in [0.1, 0.15) is 42.3 Å². The Morgan fingerprint density at radius 3 is 2.83 bits per heavy atom. The lowest BCUT2D eigenvalue weighted by Gasteiger charge is -2.10. The van der Waals surface area contributed by atoms with Crippen molar-refractivity contribution >= 4 is 5.91 Å². The minimum Gasteiger partial charge on any atom is -0.460 e. The Hall–Kier alpha value is -2.07. The summed E-state index contributed by atoms with van der Waals surface area (Å²) < 4.78 is 11.5. The molecule has 0 spiro atoms. The van der Waals surface area contributed by atoms with E-state index in [0.717, 1.165) is 49.4 Å². The van der Waals surface area contributed by atoms with Crippen molar-refractivity contribution < 1.29 is 13.9 Å². The lowest BCUT2D eigenvalue weighted by molar-refractivity contribution is 0.0856. The van der Waals surface area contributed by atoms with Gasteiger partial charge in [0.1, 0.15) is 11.5 Å². The normalized spacial score (nSPS) is 17.3. The predicted octanol–water partition coefficient (Wildman–Crippen LogP) is 3.81. The van der Waals surface area contributed by atoms with Gasteiger partial charge in [0.15, 0.2) is 0 Å². The molecule has 1 aliphatic rings. The largest absolute Gasteiger partial charge is 0.460 e. The van der Waals surface area contributed by atoms with Crippen molar-refractivity contribution in [3.63, 3.8) is 0 Å². The molecule has 0 radical (unpaired) electrons. The molecule has 1 saturated heterocycles. The molecule has 1 N–H and O–H groups in total. The number of aryl methyl sites for hydroxylation is 1. The Kier molecular flexibility index (Phi) is 5.13. The number of ether oxygens (including phenoxy) is 1. The molecule has 122 valence electrons. The number of nitrogens with one attached hydrogen (secondary N) is 1. The Morgan fingerprint density at radius 2 is 2.13 bits per heavy atom. The molecule has 0 unspecified atom stereocenters. The van der Waals surface area contributed by atoms with Gasteiger partial charge in [-0.15, -0.1) is 0 Å². The summed E-state index contributed by atoms with van der Waals surface area (Å²) in [6, 6.07) is 11.7. The molecule has 1 fully saturated rings. The summed E-state index contributed by atoms with van der Waals surface area (Å²) in [7, 11) is 0. The Morgan fingerprint density at radius 1 is 1.30 bits per heavy atom. The van der Waals surface area contributed by atoms with Crippen LogP contribution < -0.4 is 5.32 Å². The topological polar surface area (TPSA) is 51.5 Å². The van der Waals surface area contributed by atoms with Crippen LogP contribution in [-0.2, 0) is 11.2 Å². The number of benzene rings is 1. The van der Waals surface area contributed by atoms with E-state index >= 15 is 0 Å². The molecular formula is C19H23NO3. The molecule has 4 nitrogen and oxygen atoms in total. The maximum Gasteiger partial charge on any atom is 0.254 e. The van der Waals surface area contributed by atoms with Crippen LogP contribution in [0.2, 0.25) is 0 Å². The van der Waals surface area contributed by atoms with Crippen molar-refractivity contribution in [2.45, 2.75) is 38.7 Å². The number of amides is 1. The van der Waals surface area contributed by atoms with Crippen molar-refractivity contribution in [3.05, 3.63) is 47.7 Å².